The first kappa shape index (κ1) is 15.1. The van der Waals surface area contributed by atoms with Crippen LogP contribution in [0.1, 0.15) is 0 Å². The van der Waals surface area contributed by atoms with Crippen molar-refractivity contribution < 1.29 is 4.74 Å². The minimum atomic E-state index is 0.299. The van der Waals surface area contributed by atoms with Gasteiger partial charge in [-0.15, -0.1) is 0 Å². The zero-order chi connectivity index (χ0) is 17.2. The van der Waals surface area contributed by atoms with Gasteiger partial charge in [0.05, 0.1) is 11.6 Å². The van der Waals surface area contributed by atoms with Crippen LogP contribution in [-0.2, 0) is 7.05 Å². The molecule has 1 N–H and O–H groups in total. The van der Waals surface area contributed by atoms with Crippen LogP contribution in [0, 0.1) is 0 Å². The molecule has 0 atom stereocenters. The van der Waals surface area contributed by atoms with Crippen molar-refractivity contribution in [2.24, 2.45) is 7.05 Å². The topological polar surface area (TPSA) is 64.9 Å². The molecule has 6 nitrogen and oxygen atoms in total. The molecule has 6 heteroatoms. The smallest absolute Gasteiger partial charge is 0.324 e. The Balaban J connectivity index is 1.73. The van der Waals surface area contributed by atoms with Gasteiger partial charge in [0, 0.05) is 31.5 Å². The molecule has 0 fully saturated rings. The summed E-state index contributed by atoms with van der Waals surface area (Å²) in [6.45, 7) is 0. The zero-order valence-electron chi connectivity index (χ0n) is 14.0. The summed E-state index contributed by atoms with van der Waals surface area (Å²) >= 11 is 0. The van der Waals surface area contributed by atoms with Gasteiger partial charge < -0.3 is 10.1 Å². The summed E-state index contributed by atoms with van der Waals surface area (Å²) in [6.07, 6.45) is 3.45. The Bertz CT molecular complexity index is 1040. The summed E-state index contributed by atoms with van der Waals surface area (Å²) in [6, 6.07) is 16.3. The van der Waals surface area contributed by atoms with Crippen LogP contribution in [0.4, 0.5) is 5.69 Å². The first-order valence-corrected chi connectivity index (χ1v) is 7.94. The SMILES string of the molecule is CNc1cccc(-c2ccccc2Oc2ncc3cnn(C)c3n2)c1. The molecular weight excluding hydrogens is 314 g/mol. The highest BCUT2D eigenvalue weighted by molar-refractivity contribution is 5.75. The summed E-state index contributed by atoms with van der Waals surface area (Å²) in [5, 5.41) is 8.21. The molecule has 2 heterocycles. The Hall–Kier alpha value is -3.41. The normalized spacial score (nSPS) is 10.8. The van der Waals surface area contributed by atoms with E-state index in [-0.39, 0.29) is 0 Å². The van der Waals surface area contributed by atoms with E-state index in [1.165, 1.54) is 0 Å². The van der Waals surface area contributed by atoms with Gasteiger partial charge in [-0.05, 0) is 23.8 Å². The number of para-hydroxylation sites is 1. The number of aryl methyl sites for hydroxylation is 1. The third kappa shape index (κ3) is 2.89. The fraction of sp³-hybridized carbons (Fsp3) is 0.105. The number of hydrogen-bond acceptors (Lipinski definition) is 5. The van der Waals surface area contributed by atoms with E-state index in [9.17, 15) is 0 Å². The molecule has 2 aromatic heterocycles. The van der Waals surface area contributed by atoms with Gasteiger partial charge in [-0.1, -0.05) is 30.3 Å². The van der Waals surface area contributed by atoms with Crippen LogP contribution in [0.3, 0.4) is 0 Å². The van der Waals surface area contributed by atoms with Crippen molar-refractivity contribution in [3.05, 3.63) is 60.9 Å². The maximum Gasteiger partial charge on any atom is 0.324 e. The number of aromatic nitrogens is 4. The van der Waals surface area contributed by atoms with Crippen LogP contribution in [-0.4, -0.2) is 26.8 Å². The van der Waals surface area contributed by atoms with Gasteiger partial charge in [-0.2, -0.15) is 10.1 Å². The lowest BCUT2D eigenvalue weighted by atomic mass is 10.0. The van der Waals surface area contributed by atoms with Gasteiger partial charge in [0.25, 0.3) is 0 Å². The molecule has 0 radical (unpaired) electrons. The van der Waals surface area contributed by atoms with E-state index < -0.39 is 0 Å². The highest BCUT2D eigenvalue weighted by Crippen LogP contribution is 2.33. The first-order chi connectivity index (χ1) is 12.2. The van der Waals surface area contributed by atoms with Gasteiger partial charge in [0.1, 0.15) is 5.75 Å². The van der Waals surface area contributed by atoms with Crippen molar-refractivity contribution in [3.8, 4) is 22.9 Å². The van der Waals surface area contributed by atoms with Crippen molar-refractivity contribution in [2.45, 2.75) is 0 Å². The Morgan fingerprint density at radius 3 is 2.80 bits per heavy atom. The number of nitrogens with one attached hydrogen (secondary N) is 1. The number of hydrogen-bond donors (Lipinski definition) is 1. The molecule has 25 heavy (non-hydrogen) atoms. The van der Waals surface area contributed by atoms with Gasteiger partial charge >= 0.3 is 6.01 Å². The van der Waals surface area contributed by atoms with Crippen LogP contribution < -0.4 is 10.1 Å². The Morgan fingerprint density at radius 1 is 1.04 bits per heavy atom. The third-order valence-electron chi connectivity index (χ3n) is 4.00. The maximum atomic E-state index is 5.99. The predicted molar refractivity (Wildman–Crippen MR) is 97.8 cm³/mol. The maximum absolute atomic E-state index is 5.99. The summed E-state index contributed by atoms with van der Waals surface area (Å²) in [5.74, 6) is 0.706. The zero-order valence-corrected chi connectivity index (χ0v) is 14.0. The molecule has 0 unspecified atom stereocenters. The number of anilines is 1. The van der Waals surface area contributed by atoms with E-state index in [1.807, 2.05) is 56.6 Å². The molecule has 2 aromatic carbocycles. The minimum Gasteiger partial charge on any atom is -0.424 e. The summed E-state index contributed by atoms with van der Waals surface area (Å²) < 4.78 is 7.69. The average Bonchev–Trinajstić information content (AvgIpc) is 3.03. The van der Waals surface area contributed by atoms with Gasteiger partial charge in [-0.3, -0.25) is 4.68 Å². The Kier molecular flexibility index (Phi) is 3.78. The van der Waals surface area contributed by atoms with Crippen molar-refractivity contribution >= 4 is 16.7 Å². The van der Waals surface area contributed by atoms with E-state index in [0.29, 0.717) is 11.8 Å². The van der Waals surface area contributed by atoms with E-state index in [0.717, 1.165) is 27.8 Å². The second kappa shape index (κ2) is 6.24. The molecule has 0 bridgehead atoms. The summed E-state index contributed by atoms with van der Waals surface area (Å²) in [4.78, 5) is 8.74. The Morgan fingerprint density at radius 2 is 1.92 bits per heavy atom. The quantitative estimate of drug-likeness (QED) is 0.615. The van der Waals surface area contributed by atoms with Crippen LogP contribution in [0.2, 0.25) is 0 Å². The van der Waals surface area contributed by atoms with E-state index in [1.54, 1.807) is 17.1 Å². The second-order valence-electron chi connectivity index (χ2n) is 5.63. The molecule has 0 saturated heterocycles. The molecule has 0 saturated carbocycles. The van der Waals surface area contributed by atoms with Crippen molar-refractivity contribution in [2.75, 3.05) is 12.4 Å². The summed E-state index contributed by atoms with van der Waals surface area (Å²) in [5.41, 5.74) is 3.82. The number of fused-ring (bicyclic) bond motifs is 1. The molecule has 0 amide bonds. The second-order valence-corrected chi connectivity index (χ2v) is 5.63. The number of nitrogens with zero attached hydrogens (tertiary/aromatic N) is 4. The number of rotatable bonds is 4. The van der Waals surface area contributed by atoms with Crippen LogP contribution in [0.5, 0.6) is 11.8 Å². The van der Waals surface area contributed by atoms with E-state index in [2.05, 4.69) is 26.4 Å². The lowest BCUT2D eigenvalue weighted by molar-refractivity contribution is 0.445. The van der Waals surface area contributed by atoms with Crippen LogP contribution in [0.15, 0.2) is 60.9 Å². The van der Waals surface area contributed by atoms with Gasteiger partial charge in [-0.25, -0.2) is 4.98 Å². The lowest BCUT2D eigenvalue weighted by Gasteiger charge is -2.11. The molecule has 0 aliphatic rings. The highest BCUT2D eigenvalue weighted by Gasteiger charge is 2.11. The fourth-order valence-corrected chi connectivity index (χ4v) is 2.70. The number of ether oxygens (including phenoxy) is 1. The minimum absolute atomic E-state index is 0.299. The van der Waals surface area contributed by atoms with E-state index in [4.69, 9.17) is 4.74 Å². The van der Waals surface area contributed by atoms with Crippen LogP contribution in [0.25, 0.3) is 22.2 Å². The summed E-state index contributed by atoms with van der Waals surface area (Å²) in [7, 11) is 3.74. The van der Waals surface area contributed by atoms with Crippen molar-refractivity contribution in [3.63, 3.8) is 0 Å². The standard InChI is InChI=1S/C19H17N5O/c1-20-15-7-5-6-13(10-15)16-8-3-4-9-17(16)25-19-21-11-14-12-22-24(2)18(14)23-19/h3-12,20H,1-2H3. The van der Waals surface area contributed by atoms with Gasteiger partial charge in [0.2, 0.25) is 0 Å². The molecule has 0 aliphatic heterocycles. The molecule has 4 aromatic rings. The van der Waals surface area contributed by atoms with Crippen molar-refractivity contribution in [1.29, 1.82) is 0 Å². The fourth-order valence-electron chi connectivity index (χ4n) is 2.70. The highest BCUT2D eigenvalue weighted by atomic mass is 16.5. The average molecular weight is 331 g/mol. The lowest BCUT2D eigenvalue weighted by Crippen LogP contribution is -1.97. The molecular formula is C19H17N5O. The molecule has 124 valence electrons. The molecule has 0 spiro atoms. The Labute approximate surface area is 145 Å². The van der Waals surface area contributed by atoms with Crippen LogP contribution >= 0.6 is 0 Å². The van der Waals surface area contributed by atoms with Crippen molar-refractivity contribution in [1.82, 2.24) is 19.7 Å². The third-order valence-corrected chi connectivity index (χ3v) is 4.00. The molecule has 4 rings (SSSR count). The first-order valence-electron chi connectivity index (χ1n) is 7.94. The molecule has 0 aliphatic carbocycles. The predicted octanol–water partition coefficient (Wildman–Crippen LogP) is 3.86. The van der Waals surface area contributed by atoms with E-state index >= 15 is 0 Å². The monoisotopic (exact) mass is 331 g/mol. The van der Waals surface area contributed by atoms with Gasteiger partial charge in [0.15, 0.2) is 5.65 Å². The number of benzene rings is 2. The largest absolute Gasteiger partial charge is 0.424 e.